The molecular formula is C13H13N3O5S2. The van der Waals surface area contributed by atoms with Gasteiger partial charge in [-0.2, -0.15) is 0 Å². The normalized spacial score (nSPS) is 13.5. The van der Waals surface area contributed by atoms with Crippen LogP contribution in [0.2, 0.25) is 0 Å². The molecule has 0 amide bonds. The molecule has 0 radical (unpaired) electrons. The summed E-state index contributed by atoms with van der Waals surface area (Å²) in [5.74, 6) is -1.12. The van der Waals surface area contributed by atoms with Crippen LogP contribution in [0.1, 0.15) is 12.6 Å². The van der Waals surface area contributed by atoms with E-state index < -0.39 is 27.0 Å². The number of ether oxygens (including phenoxy) is 1. The Morgan fingerprint density at radius 3 is 2.57 bits per heavy atom. The summed E-state index contributed by atoms with van der Waals surface area (Å²) in [5.41, 5.74) is 3.46. The zero-order valence-corrected chi connectivity index (χ0v) is 13.5. The summed E-state index contributed by atoms with van der Waals surface area (Å²) < 4.78 is 29.5. The Bertz CT molecular complexity index is 830. The van der Waals surface area contributed by atoms with Crippen molar-refractivity contribution in [2.75, 3.05) is 5.73 Å². The number of nitrogens with two attached hydrogens (primary N) is 1. The second-order valence-corrected chi connectivity index (χ2v) is 7.47. The number of thiazole rings is 1. The van der Waals surface area contributed by atoms with E-state index in [0.29, 0.717) is 0 Å². The Hall–Kier alpha value is -2.46. The molecule has 0 saturated carbocycles. The SMILES string of the molecule is CC(OC(=O)C(=NO)c1csc(N)n1)S(=O)(=O)c1ccccc1. The van der Waals surface area contributed by atoms with Gasteiger partial charge < -0.3 is 15.7 Å². The van der Waals surface area contributed by atoms with E-state index in [1.165, 1.54) is 24.4 Å². The first-order valence-electron chi connectivity index (χ1n) is 6.29. The number of oxime groups is 1. The lowest BCUT2D eigenvalue weighted by atomic mass is 10.3. The van der Waals surface area contributed by atoms with Crippen molar-refractivity contribution in [2.45, 2.75) is 17.3 Å². The standard InChI is InChI=1S/C13H13N3O5S2/c1-8(23(19,20)9-5-3-2-4-6-9)21-12(17)11(16-18)10-7-22-13(14)15-10/h2-8,18H,1H3,(H2,14,15). The lowest BCUT2D eigenvalue weighted by molar-refractivity contribution is -0.136. The maximum absolute atomic E-state index is 12.3. The molecule has 23 heavy (non-hydrogen) atoms. The molecule has 1 unspecified atom stereocenters. The van der Waals surface area contributed by atoms with Gasteiger partial charge in [-0.15, -0.1) is 11.3 Å². The Morgan fingerprint density at radius 1 is 1.39 bits per heavy atom. The third kappa shape index (κ3) is 3.66. The lowest BCUT2D eigenvalue weighted by Crippen LogP contribution is -2.29. The maximum Gasteiger partial charge on any atom is 0.364 e. The molecule has 1 aromatic heterocycles. The molecule has 8 nitrogen and oxygen atoms in total. The quantitative estimate of drug-likeness (QED) is 0.357. The Kier molecular flexibility index (Phi) is 4.96. The van der Waals surface area contributed by atoms with Crippen LogP contribution in [-0.2, 0) is 19.4 Å². The summed E-state index contributed by atoms with van der Waals surface area (Å²) in [5, 5.41) is 13.3. The van der Waals surface area contributed by atoms with Crippen LogP contribution in [0.15, 0.2) is 45.8 Å². The minimum absolute atomic E-state index is 0.00399. The number of sulfone groups is 1. The maximum atomic E-state index is 12.3. The van der Waals surface area contributed by atoms with E-state index in [1.807, 2.05) is 0 Å². The largest absolute Gasteiger partial charge is 0.441 e. The summed E-state index contributed by atoms with van der Waals surface area (Å²) in [6.45, 7) is 1.21. The van der Waals surface area contributed by atoms with Gasteiger partial charge in [-0.05, 0) is 19.1 Å². The Morgan fingerprint density at radius 2 is 2.04 bits per heavy atom. The molecule has 0 aliphatic carbocycles. The molecule has 3 N–H and O–H groups in total. The molecule has 0 aliphatic rings. The molecule has 0 bridgehead atoms. The molecule has 1 heterocycles. The zero-order valence-electron chi connectivity index (χ0n) is 11.9. The number of carbonyl (C=O) groups excluding carboxylic acids is 1. The Balaban J connectivity index is 2.19. The average molecular weight is 355 g/mol. The van der Waals surface area contributed by atoms with E-state index in [1.54, 1.807) is 18.2 Å². The van der Waals surface area contributed by atoms with Crippen molar-refractivity contribution in [2.24, 2.45) is 5.16 Å². The highest BCUT2D eigenvalue weighted by molar-refractivity contribution is 7.91. The van der Waals surface area contributed by atoms with Gasteiger partial charge in [0.15, 0.2) is 5.13 Å². The number of benzene rings is 1. The number of rotatable bonds is 5. The first-order valence-corrected chi connectivity index (χ1v) is 8.72. The number of anilines is 1. The summed E-state index contributed by atoms with van der Waals surface area (Å²) in [7, 11) is -3.87. The fourth-order valence-electron chi connectivity index (χ4n) is 1.66. The second kappa shape index (κ2) is 6.75. The molecular weight excluding hydrogens is 342 g/mol. The van der Waals surface area contributed by atoms with Gasteiger partial charge in [0.2, 0.25) is 21.0 Å². The van der Waals surface area contributed by atoms with Gasteiger partial charge in [-0.3, -0.25) is 0 Å². The third-order valence-corrected chi connectivity index (χ3v) is 5.41. The summed E-state index contributed by atoms with van der Waals surface area (Å²) in [6.07, 6.45) is 0. The topological polar surface area (TPSA) is 132 Å². The number of aromatic nitrogens is 1. The van der Waals surface area contributed by atoms with E-state index in [9.17, 15) is 13.2 Å². The van der Waals surface area contributed by atoms with E-state index in [-0.39, 0.29) is 15.7 Å². The first-order chi connectivity index (χ1) is 10.9. The van der Waals surface area contributed by atoms with E-state index in [0.717, 1.165) is 11.3 Å². The van der Waals surface area contributed by atoms with Crippen LogP contribution in [-0.4, -0.2) is 35.7 Å². The smallest absolute Gasteiger partial charge is 0.364 e. The van der Waals surface area contributed by atoms with Crippen LogP contribution in [0.4, 0.5) is 5.13 Å². The van der Waals surface area contributed by atoms with Crippen LogP contribution in [0.3, 0.4) is 0 Å². The highest BCUT2D eigenvalue weighted by Crippen LogP contribution is 2.18. The molecule has 10 heteroatoms. The van der Waals surface area contributed by atoms with Crippen LogP contribution < -0.4 is 5.73 Å². The molecule has 0 aliphatic heterocycles. The average Bonchev–Trinajstić information content (AvgIpc) is 2.95. The van der Waals surface area contributed by atoms with Crippen LogP contribution in [0.25, 0.3) is 0 Å². The van der Waals surface area contributed by atoms with Crippen molar-refractivity contribution < 1.29 is 23.2 Å². The summed E-state index contributed by atoms with van der Waals surface area (Å²) in [4.78, 5) is 15.8. The second-order valence-electron chi connectivity index (χ2n) is 4.35. The fourth-order valence-corrected chi connectivity index (χ4v) is 3.35. The number of nitrogen functional groups attached to an aromatic ring is 1. The fraction of sp³-hybridized carbons (Fsp3) is 0.154. The molecule has 2 rings (SSSR count). The molecule has 1 atom stereocenters. The van der Waals surface area contributed by atoms with Crippen molar-refractivity contribution in [3.05, 3.63) is 41.4 Å². The van der Waals surface area contributed by atoms with Gasteiger partial charge in [-0.1, -0.05) is 23.4 Å². The van der Waals surface area contributed by atoms with Gasteiger partial charge >= 0.3 is 5.97 Å². The zero-order chi connectivity index (χ0) is 17.0. The first kappa shape index (κ1) is 16.9. The highest BCUT2D eigenvalue weighted by Gasteiger charge is 2.29. The van der Waals surface area contributed by atoms with Crippen molar-refractivity contribution in [3.63, 3.8) is 0 Å². The number of hydrogen-bond acceptors (Lipinski definition) is 9. The molecule has 0 saturated heterocycles. The van der Waals surface area contributed by atoms with Gasteiger partial charge in [0.25, 0.3) is 0 Å². The molecule has 2 aromatic rings. The van der Waals surface area contributed by atoms with Gasteiger partial charge in [0.05, 0.1) is 4.90 Å². The van der Waals surface area contributed by atoms with Crippen molar-refractivity contribution in [3.8, 4) is 0 Å². The van der Waals surface area contributed by atoms with Gasteiger partial charge in [0.1, 0.15) is 5.69 Å². The minimum Gasteiger partial charge on any atom is -0.441 e. The van der Waals surface area contributed by atoms with Crippen LogP contribution in [0, 0.1) is 0 Å². The lowest BCUT2D eigenvalue weighted by Gasteiger charge is -2.14. The number of esters is 1. The van der Waals surface area contributed by atoms with E-state index in [2.05, 4.69) is 10.1 Å². The van der Waals surface area contributed by atoms with E-state index >= 15 is 0 Å². The van der Waals surface area contributed by atoms with Crippen LogP contribution in [0.5, 0.6) is 0 Å². The predicted molar refractivity (Wildman–Crippen MR) is 84.0 cm³/mol. The third-order valence-electron chi connectivity index (χ3n) is 2.84. The molecule has 0 spiro atoms. The van der Waals surface area contributed by atoms with Gasteiger partial charge in [-0.25, -0.2) is 18.2 Å². The van der Waals surface area contributed by atoms with Crippen molar-refractivity contribution in [1.82, 2.24) is 4.98 Å². The summed E-state index contributed by atoms with van der Waals surface area (Å²) in [6, 6.07) is 7.56. The van der Waals surface area contributed by atoms with E-state index in [4.69, 9.17) is 15.7 Å². The molecule has 0 fully saturated rings. The predicted octanol–water partition coefficient (Wildman–Crippen LogP) is 1.27. The van der Waals surface area contributed by atoms with Crippen LogP contribution >= 0.6 is 11.3 Å². The van der Waals surface area contributed by atoms with Crippen molar-refractivity contribution >= 4 is 38.0 Å². The number of carbonyl (C=O) groups is 1. The Labute approximate surface area is 136 Å². The monoisotopic (exact) mass is 355 g/mol. The highest BCUT2D eigenvalue weighted by atomic mass is 32.2. The minimum atomic E-state index is -3.87. The number of hydrogen-bond donors (Lipinski definition) is 2. The molecule has 1 aromatic carbocycles. The van der Waals surface area contributed by atoms with Gasteiger partial charge in [0, 0.05) is 5.38 Å². The van der Waals surface area contributed by atoms with Crippen molar-refractivity contribution in [1.29, 1.82) is 0 Å². The molecule has 122 valence electrons. The summed E-state index contributed by atoms with van der Waals surface area (Å²) >= 11 is 1.04. The number of nitrogens with zero attached hydrogens (tertiary/aromatic N) is 2.